The van der Waals surface area contributed by atoms with Crippen molar-refractivity contribution in [3.8, 4) is 0 Å². The Balaban J connectivity index is 2.30. The first-order chi connectivity index (χ1) is 8.33. The predicted molar refractivity (Wildman–Crippen MR) is 66.5 cm³/mol. The second-order valence-corrected chi connectivity index (χ2v) is 5.35. The Kier molecular flexibility index (Phi) is 3.26. The Hall–Kier alpha value is -1.25. The first-order valence-electron chi connectivity index (χ1n) is 6.16. The van der Waals surface area contributed by atoms with Crippen LogP contribution >= 0.6 is 0 Å². The average Bonchev–Trinajstić information content (AvgIpc) is 2.28. The quantitative estimate of drug-likeness (QED) is 0.666. The number of allylic oxidation sites excluding steroid dienone is 1. The number of rotatable bonds is 2. The van der Waals surface area contributed by atoms with Gasteiger partial charge in [-0.2, -0.15) is 13.2 Å². The van der Waals surface area contributed by atoms with Crippen molar-refractivity contribution in [2.45, 2.75) is 44.2 Å². The molecule has 1 aromatic carbocycles. The number of aryl methyl sites for hydroxylation is 1. The van der Waals surface area contributed by atoms with Crippen molar-refractivity contribution < 1.29 is 13.2 Å². The number of fused-ring (bicyclic) bond motifs is 1. The smallest absolute Gasteiger partial charge is 0.167 e. The largest absolute Gasteiger partial charge is 0.412 e. The molecule has 0 nitrogen and oxygen atoms in total. The summed E-state index contributed by atoms with van der Waals surface area (Å²) in [5, 5.41) is 0. The monoisotopic (exact) mass is 254 g/mol. The third kappa shape index (κ3) is 2.45. The highest BCUT2D eigenvalue weighted by molar-refractivity contribution is 5.37. The average molecular weight is 254 g/mol. The predicted octanol–water partition coefficient (Wildman–Crippen LogP) is 4.79. The van der Waals surface area contributed by atoms with Crippen molar-refractivity contribution >= 4 is 0 Å². The minimum Gasteiger partial charge on any atom is -0.167 e. The summed E-state index contributed by atoms with van der Waals surface area (Å²) in [6, 6.07) is 7.82. The van der Waals surface area contributed by atoms with Gasteiger partial charge in [-0.1, -0.05) is 37.8 Å². The molecule has 0 heterocycles. The van der Waals surface area contributed by atoms with Crippen LogP contribution in [-0.4, -0.2) is 6.18 Å². The molecule has 0 aromatic heterocycles. The molecule has 98 valence electrons. The van der Waals surface area contributed by atoms with Crippen LogP contribution in [0, 0.1) is 0 Å². The first-order valence-corrected chi connectivity index (χ1v) is 6.16. The maximum atomic E-state index is 12.7. The van der Waals surface area contributed by atoms with Crippen molar-refractivity contribution in [2.24, 2.45) is 0 Å². The van der Waals surface area contributed by atoms with Gasteiger partial charge in [-0.15, -0.1) is 0 Å². The van der Waals surface area contributed by atoms with Crippen molar-refractivity contribution in [1.29, 1.82) is 0 Å². The summed E-state index contributed by atoms with van der Waals surface area (Å²) in [4.78, 5) is 0. The van der Waals surface area contributed by atoms with E-state index in [0.29, 0.717) is 0 Å². The molecule has 2 rings (SSSR count). The molecule has 1 atom stereocenters. The number of hydrogen-bond acceptors (Lipinski definition) is 0. The van der Waals surface area contributed by atoms with Crippen LogP contribution < -0.4 is 0 Å². The molecule has 0 amide bonds. The Morgan fingerprint density at radius 1 is 1.33 bits per heavy atom. The van der Waals surface area contributed by atoms with Gasteiger partial charge in [-0.05, 0) is 42.2 Å². The third-order valence-electron chi connectivity index (χ3n) is 3.85. The summed E-state index contributed by atoms with van der Waals surface area (Å²) in [6.45, 7) is 5.13. The first kappa shape index (κ1) is 13.2. The molecule has 0 bridgehead atoms. The van der Waals surface area contributed by atoms with E-state index in [0.717, 1.165) is 24.8 Å². The Morgan fingerprint density at radius 3 is 2.67 bits per heavy atom. The zero-order chi connectivity index (χ0) is 13.4. The van der Waals surface area contributed by atoms with Crippen LogP contribution in [0.1, 0.15) is 37.3 Å². The van der Waals surface area contributed by atoms with E-state index in [2.05, 4.69) is 6.58 Å². The van der Waals surface area contributed by atoms with E-state index >= 15 is 0 Å². The van der Waals surface area contributed by atoms with E-state index in [1.165, 1.54) is 5.56 Å². The molecular formula is C15H17F3. The number of hydrogen-bond donors (Lipinski definition) is 0. The molecule has 0 fully saturated rings. The second-order valence-electron chi connectivity index (χ2n) is 5.35. The van der Waals surface area contributed by atoms with Crippen LogP contribution in [0.25, 0.3) is 0 Å². The van der Waals surface area contributed by atoms with Gasteiger partial charge in [0.1, 0.15) is 0 Å². The zero-order valence-electron chi connectivity index (χ0n) is 10.5. The lowest BCUT2D eigenvalue weighted by Gasteiger charge is -2.37. The fraction of sp³-hybridized carbons (Fsp3) is 0.467. The lowest BCUT2D eigenvalue weighted by molar-refractivity contribution is -0.0955. The Bertz CT molecular complexity index is 459. The minimum atomic E-state index is -4.28. The Morgan fingerprint density at radius 2 is 2.00 bits per heavy atom. The van der Waals surface area contributed by atoms with Crippen molar-refractivity contribution in [3.05, 3.63) is 47.5 Å². The molecule has 1 aliphatic carbocycles. The molecule has 0 aliphatic heterocycles. The molecule has 1 aliphatic rings. The molecule has 3 heteroatoms. The van der Waals surface area contributed by atoms with Gasteiger partial charge in [0.05, 0.1) is 0 Å². The Labute approximate surface area is 106 Å². The van der Waals surface area contributed by atoms with Crippen LogP contribution in [0.15, 0.2) is 36.4 Å². The summed E-state index contributed by atoms with van der Waals surface area (Å²) in [5.41, 5.74) is 1.19. The number of halogens is 3. The highest BCUT2D eigenvalue weighted by atomic mass is 19.4. The molecule has 0 saturated heterocycles. The van der Waals surface area contributed by atoms with Crippen LogP contribution in [0.4, 0.5) is 13.2 Å². The summed E-state index contributed by atoms with van der Waals surface area (Å²) in [6.07, 6.45) is -1.59. The SMILES string of the molecule is C=C(CC1(C)CCCc2ccccc21)C(F)(F)F. The minimum absolute atomic E-state index is 0.00644. The maximum absolute atomic E-state index is 12.7. The second kappa shape index (κ2) is 4.45. The molecule has 1 aromatic rings. The van der Waals surface area contributed by atoms with Crippen LogP contribution in [0.5, 0.6) is 0 Å². The summed E-state index contributed by atoms with van der Waals surface area (Å²) < 4.78 is 38.0. The van der Waals surface area contributed by atoms with Crippen LogP contribution in [-0.2, 0) is 11.8 Å². The van der Waals surface area contributed by atoms with Gasteiger partial charge in [0.2, 0.25) is 0 Å². The molecule has 1 unspecified atom stereocenters. The highest BCUT2D eigenvalue weighted by Crippen LogP contribution is 2.43. The van der Waals surface area contributed by atoms with Crippen molar-refractivity contribution in [3.63, 3.8) is 0 Å². The normalized spacial score (nSPS) is 23.6. The van der Waals surface area contributed by atoms with E-state index in [4.69, 9.17) is 0 Å². The number of benzene rings is 1. The van der Waals surface area contributed by atoms with Gasteiger partial charge in [0.25, 0.3) is 0 Å². The van der Waals surface area contributed by atoms with E-state index in [9.17, 15) is 13.2 Å². The summed E-state index contributed by atoms with van der Waals surface area (Å²) in [7, 11) is 0. The van der Waals surface area contributed by atoms with Crippen molar-refractivity contribution in [1.82, 2.24) is 0 Å². The lowest BCUT2D eigenvalue weighted by Crippen LogP contribution is -2.30. The molecule has 0 spiro atoms. The van der Waals surface area contributed by atoms with Crippen molar-refractivity contribution in [2.75, 3.05) is 0 Å². The molecule has 0 saturated carbocycles. The van der Waals surface area contributed by atoms with Crippen LogP contribution in [0.3, 0.4) is 0 Å². The fourth-order valence-corrected chi connectivity index (χ4v) is 2.89. The van der Waals surface area contributed by atoms with Gasteiger partial charge in [-0.3, -0.25) is 0 Å². The lowest BCUT2D eigenvalue weighted by atomic mass is 9.68. The zero-order valence-corrected chi connectivity index (χ0v) is 10.5. The molecule has 0 radical (unpaired) electrons. The van der Waals surface area contributed by atoms with Gasteiger partial charge < -0.3 is 0 Å². The van der Waals surface area contributed by atoms with E-state index < -0.39 is 17.2 Å². The van der Waals surface area contributed by atoms with Gasteiger partial charge in [0, 0.05) is 5.57 Å². The van der Waals surface area contributed by atoms with E-state index in [-0.39, 0.29) is 6.42 Å². The van der Waals surface area contributed by atoms with Gasteiger partial charge in [-0.25, -0.2) is 0 Å². The summed E-state index contributed by atoms with van der Waals surface area (Å²) in [5.74, 6) is 0. The van der Waals surface area contributed by atoms with Gasteiger partial charge >= 0.3 is 6.18 Å². The fourth-order valence-electron chi connectivity index (χ4n) is 2.89. The molecule has 18 heavy (non-hydrogen) atoms. The van der Waals surface area contributed by atoms with Crippen LogP contribution in [0.2, 0.25) is 0 Å². The summed E-state index contributed by atoms with van der Waals surface area (Å²) >= 11 is 0. The third-order valence-corrected chi connectivity index (χ3v) is 3.85. The molecular weight excluding hydrogens is 237 g/mol. The van der Waals surface area contributed by atoms with E-state index in [1.807, 2.05) is 31.2 Å². The topological polar surface area (TPSA) is 0 Å². The van der Waals surface area contributed by atoms with E-state index in [1.54, 1.807) is 0 Å². The maximum Gasteiger partial charge on any atom is 0.412 e. The highest BCUT2D eigenvalue weighted by Gasteiger charge is 2.39. The van der Waals surface area contributed by atoms with Gasteiger partial charge in [0.15, 0.2) is 0 Å². The number of alkyl halides is 3. The molecule has 0 N–H and O–H groups in total. The standard InChI is InChI=1S/C15H17F3/c1-11(15(16,17)18)10-14(2)9-5-7-12-6-3-4-8-13(12)14/h3-4,6,8H,1,5,7,9-10H2,2H3.